The lowest BCUT2D eigenvalue weighted by Gasteiger charge is -2.28. The zero-order valence-electron chi connectivity index (χ0n) is 18.2. The van der Waals surface area contributed by atoms with Gasteiger partial charge in [-0.25, -0.2) is 9.97 Å². The van der Waals surface area contributed by atoms with Crippen LogP contribution in [0.3, 0.4) is 0 Å². The minimum absolute atomic E-state index is 0.0425. The van der Waals surface area contributed by atoms with Crippen molar-refractivity contribution in [2.75, 3.05) is 43.1 Å². The molecule has 0 saturated carbocycles. The molecule has 32 heavy (non-hydrogen) atoms. The fourth-order valence-electron chi connectivity index (χ4n) is 3.37. The Morgan fingerprint density at radius 3 is 2.62 bits per heavy atom. The predicted octanol–water partition coefficient (Wildman–Crippen LogP) is 4.73. The number of nitrogens with one attached hydrogen (secondary N) is 1. The molecule has 1 N–H and O–H groups in total. The summed E-state index contributed by atoms with van der Waals surface area (Å²) >= 11 is 1.58. The van der Waals surface area contributed by atoms with E-state index in [1.807, 2.05) is 56.4 Å². The van der Waals surface area contributed by atoms with Crippen LogP contribution >= 0.6 is 11.8 Å². The minimum Gasteiger partial charge on any atom is -0.478 e. The summed E-state index contributed by atoms with van der Waals surface area (Å²) in [5.74, 6) is 1.28. The molecule has 164 valence electrons. The number of rotatable bonds is 7. The van der Waals surface area contributed by atoms with E-state index in [0.29, 0.717) is 5.95 Å². The lowest BCUT2D eigenvalue weighted by molar-refractivity contribution is 0.122. The summed E-state index contributed by atoms with van der Waals surface area (Å²) in [6.45, 7) is 7.39. The number of aryl methyl sites for hydroxylation is 2. The number of aromatic nitrogens is 2. The van der Waals surface area contributed by atoms with Crippen LogP contribution in [0.15, 0.2) is 58.6 Å². The summed E-state index contributed by atoms with van der Waals surface area (Å²) in [6, 6.07) is 16.2. The Morgan fingerprint density at radius 1 is 1.12 bits per heavy atom. The van der Waals surface area contributed by atoms with Gasteiger partial charge in [-0.2, -0.15) is 5.26 Å². The van der Waals surface area contributed by atoms with E-state index in [-0.39, 0.29) is 6.61 Å². The fraction of sp³-hybridized carbons (Fsp3) is 0.292. The van der Waals surface area contributed by atoms with Gasteiger partial charge in [0.25, 0.3) is 0 Å². The van der Waals surface area contributed by atoms with Gasteiger partial charge >= 0.3 is 0 Å². The van der Waals surface area contributed by atoms with Gasteiger partial charge in [-0.15, -0.1) is 0 Å². The second-order valence-corrected chi connectivity index (χ2v) is 8.49. The highest BCUT2D eigenvalue weighted by atomic mass is 32.2. The van der Waals surface area contributed by atoms with E-state index < -0.39 is 0 Å². The van der Waals surface area contributed by atoms with Gasteiger partial charge in [0.05, 0.1) is 13.2 Å². The SMILES string of the molecule is Cc1cc(Sc2nc(Nc3ccc(N4CCOCC4)cc3)ncc2C)ccc1OCC#N. The zero-order valence-corrected chi connectivity index (χ0v) is 19.0. The van der Waals surface area contributed by atoms with Crippen LogP contribution in [-0.4, -0.2) is 42.9 Å². The van der Waals surface area contributed by atoms with Gasteiger partial charge in [0.1, 0.15) is 16.8 Å². The molecular weight excluding hydrogens is 422 g/mol. The van der Waals surface area contributed by atoms with Crippen LogP contribution in [0.25, 0.3) is 0 Å². The van der Waals surface area contributed by atoms with Crippen molar-refractivity contribution in [1.82, 2.24) is 9.97 Å². The molecule has 4 rings (SSSR count). The lowest BCUT2D eigenvalue weighted by Crippen LogP contribution is -2.36. The average molecular weight is 448 g/mol. The number of morpholine rings is 1. The molecule has 0 atom stereocenters. The lowest BCUT2D eigenvalue weighted by atomic mass is 10.2. The Hall–Kier alpha value is -3.28. The first-order valence-electron chi connectivity index (χ1n) is 10.4. The minimum atomic E-state index is 0.0425. The largest absolute Gasteiger partial charge is 0.478 e. The Morgan fingerprint density at radius 2 is 1.91 bits per heavy atom. The molecule has 8 heteroatoms. The highest BCUT2D eigenvalue weighted by molar-refractivity contribution is 7.99. The number of hydrogen-bond donors (Lipinski definition) is 1. The molecular formula is C24H25N5O2S. The van der Waals surface area contributed by atoms with Crippen molar-refractivity contribution in [3.05, 3.63) is 59.8 Å². The quantitative estimate of drug-likeness (QED) is 0.521. The molecule has 1 saturated heterocycles. The maximum atomic E-state index is 8.70. The van der Waals surface area contributed by atoms with Gasteiger partial charge in [0, 0.05) is 41.1 Å². The van der Waals surface area contributed by atoms with Crippen LogP contribution in [0.4, 0.5) is 17.3 Å². The van der Waals surface area contributed by atoms with Crippen molar-refractivity contribution in [3.8, 4) is 11.8 Å². The highest BCUT2D eigenvalue weighted by Gasteiger charge is 2.12. The third-order valence-corrected chi connectivity index (χ3v) is 6.17. The molecule has 0 spiro atoms. The zero-order chi connectivity index (χ0) is 22.3. The molecule has 0 bridgehead atoms. The highest BCUT2D eigenvalue weighted by Crippen LogP contribution is 2.32. The molecule has 3 aromatic rings. The van der Waals surface area contributed by atoms with Crippen LogP contribution in [0.1, 0.15) is 11.1 Å². The van der Waals surface area contributed by atoms with Crippen molar-refractivity contribution in [2.24, 2.45) is 0 Å². The second kappa shape index (κ2) is 10.4. The summed E-state index contributed by atoms with van der Waals surface area (Å²) in [6.07, 6.45) is 1.83. The van der Waals surface area contributed by atoms with Crippen LogP contribution in [0, 0.1) is 25.2 Å². The number of benzene rings is 2. The first-order chi connectivity index (χ1) is 15.6. The molecule has 7 nitrogen and oxygen atoms in total. The van der Waals surface area contributed by atoms with Gasteiger partial charge in [-0.05, 0) is 61.9 Å². The first kappa shape index (κ1) is 21.9. The summed E-state index contributed by atoms with van der Waals surface area (Å²) in [7, 11) is 0. The molecule has 2 aromatic carbocycles. The number of ether oxygens (including phenoxy) is 2. The van der Waals surface area contributed by atoms with Crippen molar-refractivity contribution in [2.45, 2.75) is 23.8 Å². The molecule has 1 aromatic heterocycles. The van der Waals surface area contributed by atoms with E-state index in [4.69, 9.17) is 19.7 Å². The average Bonchev–Trinajstić information content (AvgIpc) is 2.82. The molecule has 1 aliphatic heterocycles. The number of hydrogen-bond acceptors (Lipinski definition) is 8. The van der Waals surface area contributed by atoms with Crippen molar-refractivity contribution < 1.29 is 9.47 Å². The van der Waals surface area contributed by atoms with Gasteiger partial charge < -0.3 is 19.7 Å². The van der Waals surface area contributed by atoms with E-state index in [1.54, 1.807) is 11.8 Å². The van der Waals surface area contributed by atoms with E-state index in [0.717, 1.165) is 58.8 Å². The normalized spacial score (nSPS) is 13.5. The van der Waals surface area contributed by atoms with E-state index in [1.165, 1.54) is 5.69 Å². The van der Waals surface area contributed by atoms with Crippen molar-refractivity contribution >= 4 is 29.1 Å². The monoisotopic (exact) mass is 447 g/mol. The summed E-state index contributed by atoms with van der Waals surface area (Å²) in [5.41, 5.74) is 4.12. The Labute approximate surface area is 192 Å². The van der Waals surface area contributed by atoms with Crippen LogP contribution < -0.4 is 15.0 Å². The van der Waals surface area contributed by atoms with Gasteiger partial charge in [0.15, 0.2) is 6.61 Å². The number of nitrogens with zero attached hydrogens (tertiary/aromatic N) is 4. The number of anilines is 3. The Kier molecular flexibility index (Phi) is 7.10. The van der Waals surface area contributed by atoms with E-state index >= 15 is 0 Å². The molecule has 1 fully saturated rings. The topological polar surface area (TPSA) is 83.3 Å². The maximum Gasteiger partial charge on any atom is 0.228 e. The van der Waals surface area contributed by atoms with Crippen LogP contribution in [0.2, 0.25) is 0 Å². The maximum absolute atomic E-state index is 8.70. The summed E-state index contributed by atoms with van der Waals surface area (Å²) < 4.78 is 10.9. The van der Waals surface area contributed by atoms with Gasteiger partial charge in [-0.1, -0.05) is 11.8 Å². The standard InChI is InChI=1S/C24H25N5O2S/c1-17-15-21(7-8-22(17)31-12-9-25)32-23-18(2)16-26-24(28-23)27-19-3-5-20(6-4-19)29-10-13-30-14-11-29/h3-8,15-16H,10-14H2,1-2H3,(H,26,27,28). The van der Waals surface area contributed by atoms with Crippen LogP contribution in [0.5, 0.6) is 5.75 Å². The Balaban J connectivity index is 1.44. The smallest absolute Gasteiger partial charge is 0.228 e. The molecule has 2 heterocycles. The third-order valence-electron chi connectivity index (χ3n) is 5.08. The molecule has 0 radical (unpaired) electrons. The van der Waals surface area contributed by atoms with E-state index in [2.05, 4.69) is 27.3 Å². The van der Waals surface area contributed by atoms with Crippen molar-refractivity contribution in [3.63, 3.8) is 0 Å². The van der Waals surface area contributed by atoms with Crippen molar-refractivity contribution in [1.29, 1.82) is 5.26 Å². The van der Waals surface area contributed by atoms with Gasteiger partial charge in [0.2, 0.25) is 5.95 Å². The molecule has 0 unspecified atom stereocenters. The molecule has 0 aliphatic carbocycles. The fourth-order valence-corrected chi connectivity index (χ4v) is 4.31. The molecule has 0 amide bonds. The predicted molar refractivity (Wildman–Crippen MR) is 126 cm³/mol. The summed E-state index contributed by atoms with van der Waals surface area (Å²) in [4.78, 5) is 12.5. The summed E-state index contributed by atoms with van der Waals surface area (Å²) in [5, 5.41) is 12.9. The molecule has 1 aliphatic rings. The third kappa shape index (κ3) is 5.49. The first-order valence-corrected chi connectivity index (χ1v) is 11.3. The number of nitriles is 1. The van der Waals surface area contributed by atoms with E-state index in [9.17, 15) is 0 Å². The van der Waals surface area contributed by atoms with Crippen LogP contribution in [-0.2, 0) is 4.74 Å². The van der Waals surface area contributed by atoms with Gasteiger partial charge in [-0.3, -0.25) is 0 Å². The second-order valence-electron chi connectivity index (χ2n) is 7.43. The Bertz CT molecular complexity index is 1110.